The molecule has 0 aliphatic rings. The van der Waals surface area contributed by atoms with Gasteiger partial charge in [-0.1, -0.05) is 12.1 Å². The molecule has 1 heterocycles. The lowest BCUT2D eigenvalue weighted by Gasteiger charge is -2.15. The van der Waals surface area contributed by atoms with Crippen molar-refractivity contribution in [2.24, 2.45) is 0 Å². The number of hydrogen-bond donors (Lipinski definition) is 1. The summed E-state index contributed by atoms with van der Waals surface area (Å²) in [6.07, 6.45) is -0.388. The summed E-state index contributed by atoms with van der Waals surface area (Å²) >= 11 is 1.48. The average Bonchev–Trinajstić information content (AvgIpc) is 2.98. The molecule has 6 nitrogen and oxygen atoms in total. The number of para-hydroxylation sites is 2. The molecule has 0 fully saturated rings. The Bertz CT molecular complexity index is 687. The Kier molecular flexibility index (Phi) is 5.76. The summed E-state index contributed by atoms with van der Waals surface area (Å²) in [4.78, 5) is 4.12. The van der Waals surface area contributed by atoms with Crippen molar-refractivity contribution in [3.63, 3.8) is 0 Å². The fourth-order valence-electron chi connectivity index (χ4n) is 1.72. The van der Waals surface area contributed by atoms with Crippen LogP contribution in [0.1, 0.15) is 12.6 Å². The van der Waals surface area contributed by atoms with Gasteiger partial charge >= 0.3 is 0 Å². The minimum Gasteiger partial charge on any atom is -0.485 e. The van der Waals surface area contributed by atoms with E-state index in [9.17, 15) is 8.42 Å². The molecule has 1 atom stereocenters. The van der Waals surface area contributed by atoms with Gasteiger partial charge in [0.05, 0.1) is 28.7 Å². The highest BCUT2D eigenvalue weighted by Crippen LogP contribution is 2.26. The largest absolute Gasteiger partial charge is 0.485 e. The van der Waals surface area contributed by atoms with Crippen LogP contribution >= 0.6 is 11.3 Å². The average molecular weight is 342 g/mol. The predicted molar refractivity (Wildman–Crippen MR) is 86.8 cm³/mol. The van der Waals surface area contributed by atoms with E-state index in [1.165, 1.54) is 18.4 Å². The van der Waals surface area contributed by atoms with Crippen LogP contribution in [0.4, 0.5) is 5.69 Å². The Morgan fingerprint density at radius 2 is 2.14 bits per heavy atom. The summed E-state index contributed by atoms with van der Waals surface area (Å²) in [7, 11) is -2.03. The molecule has 0 saturated heterocycles. The first-order valence-corrected chi connectivity index (χ1v) is 9.22. The van der Waals surface area contributed by atoms with Crippen molar-refractivity contribution in [1.82, 2.24) is 4.98 Å². The van der Waals surface area contributed by atoms with E-state index in [1.54, 1.807) is 36.7 Å². The maximum absolute atomic E-state index is 12.1. The van der Waals surface area contributed by atoms with Crippen molar-refractivity contribution in [1.29, 1.82) is 0 Å². The molecule has 2 aromatic rings. The molecule has 0 aliphatic carbocycles. The van der Waals surface area contributed by atoms with Crippen molar-refractivity contribution in [2.75, 3.05) is 17.6 Å². The number of methoxy groups -OCH3 is 1. The van der Waals surface area contributed by atoms with E-state index < -0.39 is 10.0 Å². The fraction of sp³-hybridized carbons (Fsp3) is 0.357. The minimum atomic E-state index is -3.51. The third kappa shape index (κ3) is 4.97. The van der Waals surface area contributed by atoms with Gasteiger partial charge < -0.3 is 9.47 Å². The summed E-state index contributed by atoms with van der Waals surface area (Å²) in [6, 6.07) is 6.90. The van der Waals surface area contributed by atoms with E-state index in [-0.39, 0.29) is 18.5 Å². The molecule has 1 aromatic heterocycles. The summed E-state index contributed by atoms with van der Waals surface area (Å²) < 4.78 is 37.4. The zero-order chi connectivity index (χ0) is 16.0. The van der Waals surface area contributed by atoms with Gasteiger partial charge in [-0.3, -0.25) is 4.72 Å². The number of ether oxygens (including phenoxy) is 2. The topological polar surface area (TPSA) is 77.5 Å². The van der Waals surface area contributed by atoms with Crippen molar-refractivity contribution in [2.45, 2.75) is 19.6 Å². The van der Waals surface area contributed by atoms with Crippen LogP contribution in [0.3, 0.4) is 0 Å². The number of rotatable bonds is 8. The quantitative estimate of drug-likeness (QED) is 0.797. The van der Waals surface area contributed by atoms with E-state index in [0.29, 0.717) is 11.4 Å². The van der Waals surface area contributed by atoms with E-state index in [0.717, 1.165) is 5.69 Å². The number of aromatic nitrogens is 1. The van der Waals surface area contributed by atoms with Crippen LogP contribution in [0, 0.1) is 0 Å². The van der Waals surface area contributed by atoms with Gasteiger partial charge in [0.15, 0.2) is 0 Å². The van der Waals surface area contributed by atoms with Gasteiger partial charge in [0, 0.05) is 12.5 Å². The summed E-state index contributed by atoms with van der Waals surface area (Å²) in [5.74, 6) is 0.341. The predicted octanol–water partition coefficient (Wildman–Crippen LogP) is 2.50. The third-order valence-electron chi connectivity index (χ3n) is 2.87. The summed E-state index contributed by atoms with van der Waals surface area (Å²) in [5, 5.41) is 1.88. The first-order chi connectivity index (χ1) is 10.5. The van der Waals surface area contributed by atoms with Gasteiger partial charge in [-0.2, -0.15) is 0 Å². The number of sulfonamides is 1. The molecule has 0 bridgehead atoms. The SMILES string of the molecule is CO[C@H](C)CS(=O)(=O)Nc1ccccc1OCc1cscn1. The van der Waals surface area contributed by atoms with Gasteiger partial charge in [0.2, 0.25) is 10.0 Å². The lowest BCUT2D eigenvalue weighted by molar-refractivity contribution is 0.136. The maximum atomic E-state index is 12.1. The molecule has 8 heteroatoms. The zero-order valence-corrected chi connectivity index (χ0v) is 14.0. The van der Waals surface area contributed by atoms with E-state index in [1.807, 2.05) is 5.38 Å². The maximum Gasteiger partial charge on any atom is 0.235 e. The Morgan fingerprint density at radius 1 is 1.36 bits per heavy atom. The Balaban J connectivity index is 2.07. The van der Waals surface area contributed by atoms with Crippen LogP contribution in [0.2, 0.25) is 0 Å². The molecule has 1 N–H and O–H groups in total. The van der Waals surface area contributed by atoms with Crippen LogP contribution in [0.25, 0.3) is 0 Å². The lowest BCUT2D eigenvalue weighted by atomic mass is 10.3. The number of nitrogens with zero attached hydrogens (tertiary/aromatic N) is 1. The van der Waals surface area contributed by atoms with Crippen molar-refractivity contribution in [3.8, 4) is 5.75 Å². The molecular weight excluding hydrogens is 324 g/mol. The van der Waals surface area contributed by atoms with Gasteiger partial charge in [-0.25, -0.2) is 13.4 Å². The highest BCUT2D eigenvalue weighted by Gasteiger charge is 2.17. The molecule has 0 aliphatic heterocycles. The second-order valence-corrected chi connectivity index (χ2v) is 7.18. The third-order valence-corrected chi connectivity index (χ3v) is 4.94. The minimum absolute atomic E-state index is 0.121. The first-order valence-electron chi connectivity index (χ1n) is 6.62. The normalized spacial score (nSPS) is 12.8. The molecule has 0 spiro atoms. The summed E-state index contributed by atoms with van der Waals surface area (Å²) in [6.45, 7) is 1.99. The molecule has 2 rings (SSSR count). The Labute approximate surface area is 134 Å². The van der Waals surface area contributed by atoms with Crippen molar-refractivity contribution < 1.29 is 17.9 Å². The van der Waals surface area contributed by atoms with E-state index in [2.05, 4.69) is 9.71 Å². The number of hydrogen-bond acceptors (Lipinski definition) is 6. The molecule has 0 radical (unpaired) electrons. The molecule has 120 valence electrons. The van der Waals surface area contributed by atoms with Crippen LogP contribution in [0.5, 0.6) is 5.75 Å². The molecular formula is C14H18N2O4S2. The highest BCUT2D eigenvalue weighted by atomic mass is 32.2. The van der Waals surface area contributed by atoms with Crippen LogP contribution < -0.4 is 9.46 Å². The Hall–Kier alpha value is -1.64. The molecule has 0 saturated carbocycles. The number of benzene rings is 1. The van der Waals surface area contributed by atoms with Crippen molar-refractivity contribution in [3.05, 3.63) is 40.8 Å². The molecule has 1 aromatic carbocycles. The number of nitrogens with one attached hydrogen (secondary N) is 1. The fourth-order valence-corrected chi connectivity index (χ4v) is 3.61. The van der Waals surface area contributed by atoms with Crippen LogP contribution in [-0.4, -0.2) is 32.4 Å². The zero-order valence-electron chi connectivity index (χ0n) is 12.4. The lowest BCUT2D eigenvalue weighted by Crippen LogP contribution is -2.25. The molecule has 22 heavy (non-hydrogen) atoms. The van der Waals surface area contributed by atoms with Gasteiger partial charge in [0.25, 0.3) is 0 Å². The van der Waals surface area contributed by atoms with Gasteiger partial charge in [0.1, 0.15) is 12.4 Å². The van der Waals surface area contributed by atoms with Crippen molar-refractivity contribution >= 4 is 27.0 Å². The van der Waals surface area contributed by atoms with Gasteiger partial charge in [-0.15, -0.1) is 11.3 Å². The first kappa shape index (κ1) is 16.7. The number of thiazole rings is 1. The van der Waals surface area contributed by atoms with Crippen LogP contribution in [-0.2, 0) is 21.4 Å². The summed E-state index contributed by atoms with van der Waals surface area (Å²) in [5.41, 5.74) is 2.93. The standard InChI is InChI=1S/C14H18N2O4S2/c1-11(19-2)9-22(17,18)16-13-5-3-4-6-14(13)20-7-12-8-21-10-15-12/h3-6,8,10-11,16H,7,9H2,1-2H3/t11-/m1/s1. The Morgan fingerprint density at radius 3 is 2.82 bits per heavy atom. The van der Waals surface area contributed by atoms with E-state index >= 15 is 0 Å². The van der Waals surface area contributed by atoms with Gasteiger partial charge in [-0.05, 0) is 19.1 Å². The second-order valence-electron chi connectivity index (χ2n) is 4.69. The van der Waals surface area contributed by atoms with E-state index in [4.69, 9.17) is 9.47 Å². The second kappa shape index (κ2) is 7.57. The molecule has 0 unspecified atom stereocenters. The highest BCUT2D eigenvalue weighted by molar-refractivity contribution is 7.92. The molecule has 0 amide bonds. The van der Waals surface area contributed by atoms with Crippen LogP contribution in [0.15, 0.2) is 35.2 Å². The smallest absolute Gasteiger partial charge is 0.235 e. The monoisotopic (exact) mass is 342 g/mol. The number of anilines is 1.